The number of hydrogen-bond donors (Lipinski definition) is 1. The molecule has 0 saturated heterocycles. The highest BCUT2D eigenvalue weighted by Crippen LogP contribution is 2.68. The van der Waals surface area contributed by atoms with Gasteiger partial charge in [-0.2, -0.15) is 0 Å². The number of rotatable bonds is 4. The first kappa shape index (κ1) is 22.6. The van der Waals surface area contributed by atoms with Crippen LogP contribution in [0.3, 0.4) is 0 Å². The molecule has 170 valence electrons. The smallest absolute Gasteiger partial charge is 0.0628 e. The van der Waals surface area contributed by atoms with Crippen molar-refractivity contribution in [3.63, 3.8) is 0 Å². The maximum Gasteiger partial charge on any atom is 0.0628 e. The van der Waals surface area contributed by atoms with Crippen LogP contribution in [0.2, 0.25) is 0 Å². The van der Waals surface area contributed by atoms with Crippen molar-refractivity contribution in [1.29, 1.82) is 0 Å². The fourth-order valence-corrected chi connectivity index (χ4v) is 9.20. The minimum atomic E-state index is -0.167. The van der Waals surface area contributed by atoms with Gasteiger partial charge < -0.3 is 5.11 Å². The van der Waals surface area contributed by atoms with E-state index in [0.717, 1.165) is 36.0 Å². The van der Waals surface area contributed by atoms with Crippen LogP contribution in [-0.2, 0) is 0 Å². The molecule has 0 heterocycles. The van der Waals surface area contributed by atoms with Crippen molar-refractivity contribution in [2.75, 3.05) is 0 Å². The van der Waals surface area contributed by atoms with Crippen molar-refractivity contribution in [2.45, 2.75) is 112 Å². The lowest BCUT2D eigenvalue weighted by molar-refractivity contribution is -0.0781. The molecule has 4 aliphatic rings. The average Bonchev–Trinajstić information content (AvgIpc) is 3.02. The highest BCUT2D eigenvalue weighted by atomic mass is 16.3. The van der Waals surface area contributed by atoms with Crippen LogP contribution >= 0.6 is 0 Å². The van der Waals surface area contributed by atoms with Crippen LogP contribution in [0.1, 0.15) is 106 Å². The highest BCUT2D eigenvalue weighted by molar-refractivity contribution is 5.31. The van der Waals surface area contributed by atoms with Gasteiger partial charge in [0.1, 0.15) is 0 Å². The molecule has 3 fully saturated rings. The zero-order chi connectivity index (χ0) is 21.9. The van der Waals surface area contributed by atoms with Gasteiger partial charge in [0, 0.05) is 5.41 Å². The van der Waals surface area contributed by atoms with E-state index in [1.807, 2.05) is 0 Å². The van der Waals surface area contributed by atoms with Crippen LogP contribution in [-0.4, -0.2) is 11.2 Å². The maximum atomic E-state index is 10.7. The van der Waals surface area contributed by atoms with Gasteiger partial charge in [0.05, 0.1) is 6.10 Å². The van der Waals surface area contributed by atoms with Crippen LogP contribution in [0.4, 0.5) is 0 Å². The van der Waals surface area contributed by atoms with Gasteiger partial charge in [-0.25, -0.2) is 0 Å². The zero-order valence-corrected chi connectivity index (χ0v) is 20.9. The minimum absolute atomic E-state index is 0.0453. The summed E-state index contributed by atoms with van der Waals surface area (Å²) in [6.07, 6.45) is 16.7. The summed E-state index contributed by atoms with van der Waals surface area (Å²) in [4.78, 5) is 0. The Morgan fingerprint density at radius 3 is 2.50 bits per heavy atom. The van der Waals surface area contributed by atoms with E-state index in [4.69, 9.17) is 0 Å². The summed E-state index contributed by atoms with van der Waals surface area (Å²) < 4.78 is 0. The summed E-state index contributed by atoms with van der Waals surface area (Å²) in [5, 5.41) is 10.7. The van der Waals surface area contributed by atoms with Gasteiger partial charge in [-0.1, -0.05) is 57.9 Å². The molecule has 4 rings (SSSR count). The topological polar surface area (TPSA) is 20.2 Å². The SMILES string of the molecule is CC(C)=CCC[C@@H](C)[C@H]1CC[C@H]2[C@@H]3CC=C4C(C)(C)[C@H](O)CC[C@]4(C)[C@H]3CC[C@]12C. The van der Waals surface area contributed by atoms with E-state index in [-0.39, 0.29) is 11.5 Å². The molecule has 0 aromatic carbocycles. The van der Waals surface area contributed by atoms with Crippen molar-refractivity contribution in [1.82, 2.24) is 0 Å². The van der Waals surface area contributed by atoms with Crippen LogP contribution in [0.5, 0.6) is 0 Å². The van der Waals surface area contributed by atoms with E-state index in [1.165, 1.54) is 56.9 Å². The standard InChI is InChI=1S/C29H48O/c1-19(2)9-8-10-20(3)22-12-13-23-21-11-14-25-27(4,5)26(30)16-18-29(25,7)24(21)15-17-28(22,23)6/h9,14,20-24,26,30H,8,10-13,15-18H2,1-7H3/t20-,21+,22-,23+,24+,26-,28-,29-/m1/s1. The molecule has 1 N–H and O–H groups in total. The first-order valence-corrected chi connectivity index (χ1v) is 13.0. The van der Waals surface area contributed by atoms with Gasteiger partial charge in [-0.15, -0.1) is 0 Å². The number of aliphatic hydroxyl groups excluding tert-OH is 1. The lowest BCUT2D eigenvalue weighted by Crippen LogP contribution is -2.54. The molecule has 0 radical (unpaired) electrons. The molecule has 8 atom stereocenters. The van der Waals surface area contributed by atoms with E-state index in [1.54, 1.807) is 5.57 Å². The Morgan fingerprint density at radius 2 is 1.80 bits per heavy atom. The molecule has 0 aliphatic heterocycles. The monoisotopic (exact) mass is 412 g/mol. The Bertz CT molecular complexity index is 710. The van der Waals surface area contributed by atoms with Crippen molar-refractivity contribution in [3.05, 3.63) is 23.3 Å². The summed E-state index contributed by atoms with van der Waals surface area (Å²) >= 11 is 0. The largest absolute Gasteiger partial charge is 0.392 e. The van der Waals surface area contributed by atoms with Gasteiger partial charge in [-0.05, 0) is 112 Å². The predicted molar refractivity (Wildman–Crippen MR) is 128 cm³/mol. The van der Waals surface area contributed by atoms with Gasteiger partial charge in [0.15, 0.2) is 0 Å². The Kier molecular flexibility index (Phi) is 5.87. The molecule has 3 saturated carbocycles. The van der Waals surface area contributed by atoms with Crippen molar-refractivity contribution >= 4 is 0 Å². The average molecular weight is 413 g/mol. The second-order valence-corrected chi connectivity index (χ2v) is 13.0. The van der Waals surface area contributed by atoms with Crippen LogP contribution in [0.15, 0.2) is 23.3 Å². The molecule has 0 bridgehead atoms. The Labute approximate surface area is 186 Å². The van der Waals surface area contributed by atoms with Crippen molar-refractivity contribution in [3.8, 4) is 0 Å². The predicted octanol–water partition coefficient (Wildman–Crippen LogP) is 7.94. The van der Waals surface area contributed by atoms with Gasteiger partial charge in [0.25, 0.3) is 0 Å². The van der Waals surface area contributed by atoms with Crippen LogP contribution in [0, 0.1) is 45.8 Å². The van der Waals surface area contributed by atoms with Gasteiger partial charge in [-0.3, -0.25) is 0 Å². The summed E-state index contributed by atoms with van der Waals surface area (Å²) in [6.45, 7) is 16.9. The Hall–Kier alpha value is -0.560. The molecule has 1 heteroatoms. The lowest BCUT2D eigenvalue weighted by Gasteiger charge is -2.61. The highest BCUT2D eigenvalue weighted by Gasteiger charge is 2.61. The van der Waals surface area contributed by atoms with Crippen molar-refractivity contribution in [2.24, 2.45) is 45.8 Å². The molecule has 0 aromatic rings. The Morgan fingerprint density at radius 1 is 1.07 bits per heavy atom. The molecule has 0 aromatic heterocycles. The van der Waals surface area contributed by atoms with E-state index in [0.29, 0.717) is 10.8 Å². The molecule has 4 aliphatic carbocycles. The van der Waals surface area contributed by atoms with Crippen molar-refractivity contribution < 1.29 is 5.11 Å². The van der Waals surface area contributed by atoms with E-state index < -0.39 is 0 Å². The fraction of sp³-hybridized carbons (Fsp3) is 0.862. The van der Waals surface area contributed by atoms with Crippen LogP contribution in [0.25, 0.3) is 0 Å². The molecule has 1 nitrogen and oxygen atoms in total. The van der Waals surface area contributed by atoms with E-state index >= 15 is 0 Å². The Balaban J connectivity index is 1.56. The van der Waals surface area contributed by atoms with E-state index in [9.17, 15) is 5.11 Å². The normalized spacial score (nSPS) is 45.6. The molecule has 0 spiro atoms. The van der Waals surface area contributed by atoms with Gasteiger partial charge >= 0.3 is 0 Å². The van der Waals surface area contributed by atoms with Crippen LogP contribution < -0.4 is 0 Å². The summed E-state index contributed by atoms with van der Waals surface area (Å²) in [6, 6.07) is 0. The second-order valence-electron chi connectivity index (χ2n) is 13.0. The molecule has 30 heavy (non-hydrogen) atoms. The quantitative estimate of drug-likeness (QED) is 0.464. The fourth-order valence-electron chi connectivity index (χ4n) is 9.20. The second kappa shape index (κ2) is 7.79. The third-order valence-corrected chi connectivity index (χ3v) is 10.9. The summed E-state index contributed by atoms with van der Waals surface area (Å²) in [5.74, 6) is 4.38. The number of hydrogen-bond acceptors (Lipinski definition) is 1. The zero-order valence-electron chi connectivity index (χ0n) is 20.9. The molecular weight excluding hydrogens is 364 g/mol. The number of allylic oxidation sites excluding steroid dienone is 3. The summed E-state index contributed by atoms with van der Waals surface area (Å²) in [7, 11) is 0. The third-order valence-electron chi connectivity index (χ3n) is 10.9. The minimum Gasteiger partial charge on any atom is -0.392 e. The first-order chi connectivity index (χ1) is 14.0. The molecular formula is C29H48O. The molecule has 0 amide bonds. The number of aliphatic hydroxyl groups is 1. The number of fused-ring (bicyclic) bond motifs is 5. The first-order valence-electron chi connectivity index (χ1n) is 13.0. The summed E-state index contributed by atoms with van der Waals surface area (Å²) in [5.41, 5.74) is 3.90. The van der Waals surface area contributed by atoms with E-state index in [2.05, 4.69) is 60.6 Å². The molecule has 0 unspecified atom stereocenters. The van der Waals surface area contributed by atoms with Gasteiger partial charge in [0.2, 0.25) is 0 Å². The maximum absolute atomic E-state index is 10.7. The lowest BCUT2D eigenvalue weighted by atomic mass is 9.44. The third kappa shape index (κ3) is 3.37.